The second kappa shape index (κ2) is 5.09. The van der Waals surface area contributed by atoms with E-state index >= 15 is 0 Å². The van der Waals surface area contributed by atoms with Gasteiger partial charge in [0, 0.05) is 28.9 Å². The molecule has 0 atom stereocenters. The summed E-state index contributed by atoms with van der Waals surface area (Å²) in [5.41, 5.74) is 1.49. The number of hydrogen-bond acceptors (Lipinski definition) is 3. The summed E-state index contributed by atoms with van der Waals surface area (Å²) < 4.78 is 0. The molecule has 0 aliphatic rings. The van der Waals surface area contributed by atoms with Gasteiger partial charge < -0.3 is 15.4 Å². The average Bonchev–Trinajstić information content (AvgIpc) is 2.94. The predicted molar refractivity (Wildman–Crippen MR) is 77.4 cm³/mol. The van der Waals surface area contributed by atoms with Crippen LogP contribution < -0.4 is 5.32 Å². The van der Waals surface area contributed by atoms with Gasteiger partial charge in [0.1, 0.15) is 5.82 Å². The standard InChI is InChI=1S/C15H11N3O3/c19-14(10-1-2-12-9(7-10)3-5-16-12)18-13-8-11(15(20)21)4-6-17-13/h1-8,16H,(H,20,21)(H,17,18,19). The topological polar surface area (TPSA) is 95.1 Å². The van der Waals surface area contributed by atoms with E-state index in [1.165, 1.54) is 18.3 Å². The first-order valence-corrected chi connectivity index (χ1v) is 6.21. The van der Waals surface area contributed by atoms with Gasteiger partial charge in [-0.3, -0.25) is 4.79 Å². The fraction of sp³-hybridized carbons (Fsp3) is 0. The van der Waals surface area contributed by atoms with Crippen LogP contribution in [0.2, 0.25) is 0 Å². The molecule has 6 nitrogen and oxygen atoms in total. The quantitative estimate of drug-likeness (QED) is 0.687. The summed E-state index contributed by atoms with van der Waals surface area (Å²) in [5, 5.41) is 12.4. The van der Waals surface area contributed by atoms with E-state index in [0.29, 0.717) is 5.56 Å². The summed E-state index contributed by atoms with van der Waals surface area (Å²) in [6, 6.07) is 9.80. The molecule has 3 N–H and O–H groups in total. The van der Waals surface area contributed by atoms with E-state index in [4.69, 9.17) is 5.11 Å². The van der Waals surface area contributed by atoms with Crippen molar-refractivity contribution in [2.75, 3.05) is 5.32 Å². The monoisotopic (exact) mass is 281 g/mol. The minimum absolute atomic E-state index is 0.0707. The van der Waals surface area contributed by atoms with Crippen LogP contribution in [0.4, 0.5) is 5.82 Å². The second-order valence-electron chi connectivity index (χ2n) is 4.47. The molecule has 0 aliphatic carbocycles. The number of aromatic amines is 1. The largest absolute Gasteiger partial charge is 0.478 e. The van der Waals surface area contributed by atoms with Gasteiger partial charge in [-0.05, 0) is 36.4 Å². The molecular weight excluding hydrogens is 270 g/mol. The lowest BCUT2D eigenvalue weighted by Gasteiger charge is -2.05. The summed E-state index contributed by atoms with van der Waals surface area (Å²) in [6.07, 6.45) is 3.14. The Morgan fingerprint density at radius 1 is 1.10 bits per heavy atom. The van der Waals surface area contributed by atoms with Gasteiger partial charge in [0.05, 0.1) is 5.56 Å². The van der Waals surface area contributed by atoms with E-state index in [1.54, 1.807) is 18.3 Å². The number of carboxylic acids is 1. The Kier molecular flexibility index (Phi) is 3.12. The highest BCUT2D eigenvalue weighted by Gasteiger charge is 2.10. The van der Waals surface area contributed by atoms with Crippen molar-refractivity contribution in [2.24, 2.45) is 0 Å². The predicted octanol–water partition coefficient (Wildman–Crippen LogP) is 2.51. The highest BCUT2D eigenvalue weighted by molar-refractivity contribution is 6.06. The molecule has 0 fully saturated rings. The summed E-state index contributed by atoms with van der Waals surface area (Å²) in [5.74, 6) is -1.20. The SMILES string of the molecule is O=C(O)c1ccnc(NC(=O)c2ccc3[nH]ccc3c2)c1. The Bertz CT molecular complexity index is 839. The zero-order valence-corrected chi connectivity index (χ0v) is 10.8. The molecule has 0 bridgehead atoms. The van der Waals surface area contributed by atoms with Crippen LogP contribution >= 0.6 is 0 Å². The number of nitrogens with one attached hydrogen (secondary N) is 2. The molecule has 3 aromatic rings. The number of aromatic carboxylic acids is 1. The van der Waals surface area contributed by atoms with Crippen LogP contribution in [0.15, 0.2) is 48.8 Å². The molecule has 0 unspecified atom stereocenters. The van der Waals surface area contributed by atoms with Gasteiger partial charge in [-0.15, -0.1) is 0 Å². The summed E-state index contributed by atoms with van der Waals surface area (Å²) in [6.45, 7) is 0. The molecule has 0 saturated heterocycles. The number of anilines is 1. The molecule has 3 rings (SSSR count). The summed E-state index contributed by atoms with van der Waals surface area (Å²) >= 11 is 0. The molecule has 1 aromatic carbocycles. The van der Waals surface area contributed by atoms with Crippen LogP contribution in [0.25, 0.3) is 10.9 Å². The molecule has 2 heterocycles. The van der Waals surface area contributed by atoms with E-state index in [2.05, 4.69) is 15.3 Å². The van der Waals surface area contributed by atoms with Crippen molar-refractivity contribution in [1.82, 2.24) is 9.97 Å². The summed E-state index contributed by atoms with van der Waals surface area (Å²) in [4.78, 5) is 30.0. The first kappa shape index (κ1) is 12.9. The number of carbonyl (C=O) groups is 2. The lowest BCUT2D eigenvalue weighted by molar-refractivity contribution is 0.0696. The molecule has 0 saturated carbocycles. The third kappa shape index (κ3) is 2.59. The zero-order chi connectivity index (χ0) is 14.8. The molecule has 0 aliphatic heterocycles. The van der Waals surface area contributed by atoms with Crippen molar-refractivity contribution in [1.29, 1.82) is 0 Å². The van der Waals surface area contributed by atoms with Crippen LogP contribution in [0.3, 0.4) is 0 Å². The van der Waals surface area contributed by atoms with Crippen molar-refractivity contribution in [2.45, 2.75) is 0 Å². The number of pyridine rings is 1. The van der Waals surface area contributed by atoms with Crippen LogP contribution in [-0.2, 0) is 0 Å². The Balaban J connectivity index is 1.85. The number of H-pyrrole nitrogens is 1. The van der Waals surface area contributed by atoms with Crippen LogP contribution in [-0.4, -0.2) is 27.0 Å². The van der Waals surface area contributed by atoms with Gasteiger partial charge in [-0.2, -0.15) is 0 Å². The number of carboxylic acid groups (broad SMARTS) is 1. The third-order valence-electron chi connectivity index (χ3n) is 3.06. The summed E-state index contributed by atoms with van der Waals surface area (Å²) in [7, 11) is 0. The molecule has 2 aromatic heterocycles. The van der Waals surface area contributed by atoms with Crippen LogP contribution in [0.1, 0.15) is 20.7 Å². The van der Waals surface area contributed by atoms with E-state index in [9.17, 15) is 9.59 Å². The molecule has 6 heteroatoms. The van der Waals surface area contributed by atoms with Gasteiger partial charge in [-0.1, -0.05) is 0 Å². The normalized spacial score (nSPS) is 10.5. The Hall–Kier alpha value is -3.15. The van der Waals surface area contributed by atoms with E-state index in [-0.39, 0.29) is 17.3 Å². The number of aromatic nitrogens is 2. The van der Waals surface area contributed by atoms with Crippen molar-refractivity contribution < 1.29 is 14.7 Å². The van der Waals surface area contributed by atoms with Crippen LogP contribution in [0.5, 0.6) is 0 Å². The van der Waals surface area contributed by atoms with Crippen molar-refractivity contribution >= 4 is 28.6 Å². The maximum atomic E-state index is 12.2. The lowest BCUT2D eigenvalue weighted by Crippen LogP contribution is -2.13. The molecule has 21 heavy (non-hydrogen) atoms. The molecule has 0 spiro atoms. The number of amides is 1. The zero-order valence-electron chi connectivity index (χ0n) is 10.8. The highest BCUT2D eigenvalue weighted by Crippen LogP contribution is 2.15. The second-order valence-corrected chi connectivity index (χ2v) is 4.47. The third-order valence-corrected chi connectivity index (χ3v) is 3.06. The van der Waals surface area contributed by atoms with Gasteiger partial charge in [0.25, 0.3) is 5.91 Å². The van der Waals surface area contributed by atoms with E-state index in [0.717, 1.165) is 10.9 Å². The van der Waals surface area contributed by atoms with E-state index < -0.39 is 5.97 Å². The Labute approximate surface area is 119 Å². The first-order chi connectivity index (χ1) is 10.1. The highest BCUT2D eigenvalue weighted by atomic mass is 16.4. The maximum Gasteiger partial charge on any atom is 0.335 e. The van der Waals surface area contributed by atoms with Gasteiger partial charge in [-0.25, -0.2) is 9.78 Å². The maximum absolute atomic E-state index is 12.2. The number of hydrogen-bond donors (Lipinski definition) is 3. The van der Waals surface area contributed by atoms with E-state index in [1.807, 2.05) is 12.1 Å². The number of carbonyl (C=O) groups excluding carboxylic acids is 1. The number of fused-ring (bicyclic) bond motifs is 1. The smallest absolute Gasteiger partial charge is 0.335 e. The Morgan fingerprint density at radius 2 is 1.95 bits per heavy atom. The minimum Gasteiger partial charge on any atom is -0.478 e. The number of nitrogens with zero attached hydrogens (tertiary/aromatic N) is 1. The first-order valence-electron chi connectivity index (χ1n) is 6.21. The fourth-order valence-corrected chi connectivity index (χ4v) is 2.01. The van der Waals surface area contributed by atoms with Gasteiger partial charge in [0.2, 0.25) is 0 Å². The average molecular weight is 281 g/mol. The van der Waals surface area contributed by atoms with Crippen molar-refractivity contribution in [3.8, 4) is 0 Å². The fourth-order valence-electron chi connectivity index (χ4n) is 2.01. The number of rotatable bonds is 3. The minimum atomic E-state index is -1.07. The molecular formula is C15H11N3O3. The lowest BCUT2D eigenvalue weighted by atomic mass is 10.1. The molecule has 1 amide bonds. The number of benzene rings is 1. The van der Waals surface area contributed by atoms with Gasteiger partial charge >= 0.3 is 5.97 Å². The molecule has 0 radical (unpaired) electrons. The van der Waals surface area contributed by atoms with Crippen molar-refractivity contribution in [3.05, 3.63) is 59.9 Å². The van der Waals surface area contributed by atoms with Crippen molar-refractivity contribution in [3.63, 3.8) is 0 Å². The Morgan fingerprint density at radius 3 is 2.76 bits per heavy atom. The van der Waals surface area contributed by atoms with Gasteiger partial charge in [0.15, 0.2) is 0 Å². The van der Waals surface area contributed by atoms with Crippen LogP contribution in [0, 0.1) is 0 Å². The molecule has 104 valence electrons.